The quantitative estimate of drug-likeness (QED) is 0.792. The van der Waals surface area contributed by atoms with Crippen LogP contribution < -0.4 is 11.5 Å². The summed E-state index contributed by atoms with van der Waals surface area (Å²) in [7, 11) is 0. The number of nitrogens with zero attached hydrogens (tertiary/aromatic N) is 2. The molecule has 4 N–H and O–H groups in total. The van der Waals surface area contributed by atoms with Crippen molar-refractivity contribution < 1.29 is 0 Å². The lowest BCUT2D eigenvalue weighted by Crippen LogP contribution is -2.02. The van der Waals surface area contributed by atoms with Crippen LogP contribution in [0.3, 0.4) is 0 Å². The molecule has 1 aromatic heterocycles. The number of anilines is 2. The van der Waals surface area contributed by atoms with Gasteiger partial charge in [0.15, 0.2) is 0 Å². The van der Waals surface area contributed by atoms with Crippen molar-refractivity contribution >= 4 is 11.4 Å². The summed E-state index contributed by atoms with van der Waals surface area (Å²) in [4.78, 5) is 0. The SMILES string of the molecule is CCn1ccc(Cc2ccc(N)c(N)c2C)n1. The van der Waals surface area contributed by atoms with E-state index in [1.807, 2.05) is 36.0 Å². The Morgan fingerprint density at radius 2 is 2.00 bits per heavy atom. The van der Waals surface area contributed by atoms with Gasteiger partial charge in [-0.1, -0.05) is 6.07 Å². The van der Waals surface area contributed by atoms with E-state index in [-0.39, 0.29) is 0 Å². The minimum Gasteiger partial charge on any atom is -0.397 e. The Balaban J connectivity index is 2.27. The molecule has 4 nitrogen and oxygen atoms in total. The van der Waals surface area contributed by atoms with E-state index in [1.165, 1.54) is 5.56 Å². The van der Waals surface area contributed by atoms with E-state index < -0.39 is 0 Å². The molecule has 0 atom stereocenters. The highest BCUT2D eigenvalue weighted by Gasteiger charge is 2.07. The Morgan fingerprint density at radius 1 is 1.24 bits per heavy atom. The lowest BCUT2D eigenvalue weighted by molar-refractivity contribution is 0.650. The first-order valence-electron chi connectivity index (χ1n) is 5.77. The summed E-state index contributed by atoms with van der Waals surface area (Å²) in [5.41, 5.74) is 16.3. The molecule has 17 heavy (non-hydrogen) atoms. The van der Waals surface area contributed by atoms with Gasteiger partial charge in [0, 0.05) is 19.2 Å². The third kappa shape index (κ3) is 2.25. The maximum absolute atomic E-state index is 5.92. The molecular formula is C13H18N4. The number of nitrogens with two attached hydrogens (primary N) is 2. The molecule has 0 aliphatic rings. The molecule has 4 heteroatoms. The van der Waals surface area contributed by atoms with Crippen LogP contribution in [0.2, 0.25) is 0 Å². The van der Waals surface area contributed by atoms with E-state index >= 15 is 0 Å². The molecule has 0 aliphatic carbocycles. The van der Waals surface area contributed by atoms with Crippen LogP contribution in [0, 0.1) is 6.92 Å². The van der Waals surface area contributed by atoms with Crippen LogP contribution in [0.5, 0.6) is 0 Å². The molecule has 2 rings (SSSR count). The topological polar surface area (TPSA) is 69.9 Å². The number of hydrogen-bond acceptors (Lipinski definition) is 3. The van der Waals surface area contributed by atoms with Crippen molar-refractivity contribution in [2.75, 3.05) is 11.5 Å². The van der Waals surface area contributed by atoms with Gasteiger partial charge < -0.3 is 11.5 Å². The molecular weight excluding hydrogens is 212 g/mol. The average Bonchev–Trinajstić information content (AvgIpc) is 2.78. The number of aromatic nitrogens is 2. The van der Waals surface area contributed by atoms with Crippen molar-refractivity contribution in [3.8, 4) is 0 Å². The zero-order chi connectivity index (χ0) is 12.4. The monoisotopic (exact) mass is 230 g/mol. The molecule has 1 aromatic carbocycles. The van der Waals surface area contributed by atoms with E-state index in [4.69, 9.17) is 11.5 Å². The second-order valence-corrected chi connectivity index (χ2v) is 4.19. The van der Waals surface area contributed by atoms with E-state index in [0.717, 1.165) is 24.2 Å². The molecule has 0 aliphatic heterocycles. The first-order chi connectivity index (χ1) is 8.11. The molecule has 1 heterocycles. The number of rotatable bonds is 3. The molecule has 2 aromatic rings. The smallest absolute Gasteiger partial charge is 0.0668 e. The predicted octanol–water partition coefficient (Wildman–Crippen LogP) is 1.97. The van der Waals surface area contributed by atoms with Crippen LogP contribution in [-0.4, -0.2) is 9.78 Å². The first kappa shape index (κ1) is 11.5. The fraction of sp³-hybridized carbons (Fsp3) is 0.308. The first-order valence-corrected chi connectivity index (χ1v) is 5.77. The second-order valence-electron chi connectivity index (χ2n) is 4.19. The number of hydrogen-bond donors (Lipinski definition) is 2. The largest absolute Gasteiger partial charge is 0.397 e. The summed E-state index contributed by atoms with van der Waals surface area (Å²) in [5.74, 6) is 0. The van der Waals surface area contributed by atoms with E-state index in [9.17, 15) is 0 Å². The van der Waals surface area contributed by atoms with E-state index in [1.54, 1.807) is 0 Å². The average molecular weight is 230 g/mol. The molecule has 0 radical (unpaired) electrons. The Morgan fingerprint density at radius 3 is 2.65 bits per heavy atom. The molecule has 0 saturated carbocycles. The van der Waals surface area contributed by atoms with E-state index in [2.05, 4.69) is 12.0 Å². The molecule has 0 unspecified atom stereocenters. The van der Waals surface area contributed by atoms with Gasteiger partial charge in [-0.2, -0.15) is 5.10 Å². The zero-order valence-corrected chi connectivity index (χ0v) is 10.3. The van der Waals surface area contributed by atoms with Crippen LogP contribution in [0.4, 0.5) is 11.4 Å². The Bertz CT molecular complexity index is 528. The van der Waals surface area contributed by atoms with Crippen molar-refractivity contribution in [3.63, 3.8) is 0 Å². The molecule has 0 bridgehead atoms. The Labute approximate surface area is 101 Å². The Kier molecular flexibility index (Phi) is 3.04. The number of aryl methyl sites for hydroxylation is 1. The second kappa shape index (κ2) is 4.49. The van der Waals surface area contributed by atoms with Gasteiger partial charge in [-0.25, -0.2) is 0 Å². The molecule has 0 fully saturated rings. The third-order valence-corrected chi connectivity index (χ3v) is 3.05. The van der Waals surface area contributed by atoms with E-state index in [0.29, 0.717) is 11.4 Å². The van der Waals surface area contributed by atoms with Crippen LogP contribution in [-0.2, 0) is 13.0 Å². The van der Waals surface area contributed by atoms with Gasteiger partial charge in [0.25, 0.3) is 0 Å². The number of nitrogen functional groups attached to an aromatic ring is 2. The molecule has 0 spiro atoms. The zero-order valence-electron chi connectivity index (χ0n) is 10.3. The third-order valence-electron chi connectivity index (χ3n) is 3.05. The van der Waals surface area contributed by atoms with Crippen LogP contribution >= 0.6 is 0 Å². The van der Waals surface area contributed by atoms with Crippen LogP contribution in [0.25, 0.3) is 0 Å². The van der Waals surface area contributed by atoms with Crippen LogP contribution in [0.1, 0.15) is 23.7 Å². The molecule has 0 saturated heterocycles. The van der Waals surface area contributed by atoms with Crippen molar-refractivity contribution in [2.45, 2.75) is 26.8 Å². The van der Waals surface area contributed by atoms with Crippen molar-refractivity contribution in [1.29, 1.82) is 0 Å². The summed E-state index contributed by atoms with van der Waals surface area (Å²) in [6.07, 6.45) is 2.79. The minimum atomic E-state index is 0.644. The fourth-order valence-electron chi connectivity index (χ4n) is 1.86. The van der Waals surface area contributed by atoms with Crippen molar-refractivity contribution in [2.24, 2.45) is 0 Å². The summed E-state index contributed by atoms with van der Waals surface area (Å²) >= 11 is 0. The highest BCUT2D eigenvalue weighted by molar-refractivity contribution is 5.69. The van der Waals surface area contributed by atoms with Gasteiger partial charge in [0.1, 0.15) is 0 Å². The highest BCUT2D eigenvalue weighted by Crippen LogP contribution is 2.24. The predicted molar refractivity (Wildman–Crippen MR) is 70.7 cm³/mol. The van der Waals surface area contributed by atoms with Crippen molar-refractivity contribution in [1.82, 2.24) is 9.78 Å². The standard InChI is InChI=1S/C13H18N4/c1-3-17-7-6-11(16-17)8-10-4-5-12(14)13(15)9(10)2/h4-7H,3,8,14-15H2,1-2H3. The van der Waals surface area contributed by atoms with Gasteiger partial charge in [0.2, 0.25) is 0 Å². The Hall–Kier alpha value is -1.97. The minimum absolute atomic E-state index is 0.644. The lowest BCUT2D eigenvalue weighted by Gasteiger charge is -2.09. The van der Waals surface area contributed by atoms with Gasteiger partial charge in [-0.05, 0) is 37.1 Å². The normalized spacial score (nSPS) is 10.7. The lowest BCUT2D eigenvalue weighted by atomic mass is 10.0. The number of benzene rings is 1. The summed E-state index contributed by atoms with van der Waals surface area (Å²) < 4.78 is 1.92. The summed E-state index contributed by atoms with van der Waals surface area (Å²) in [6.45, 7) is 4.96. The maximum atomic E-state index is 5.92. The van der Waals surface area contributed by atoms with Crippen LogP contribution in [0.15, 0.2) is 24.4 Å². The van der Waals surface area contributed by atoms with Gasteiger partial charge >= 0.3 is 0 Å². The molecule has 0 amide bonds. The summed E-state index contributed by atoms with van der Waals surface area (Å²) in [5, 5.41) is 4.46. The maximum Gasteiger partial charge on any atom is 0.0668 e. The summed E-state index contributed by atoms with van der Waals surface area (Å²) in [6, 6.07) is 5.91. The highest BCUT2D eigenvalue weighted by atomic mass is 15.3. The fourth-order valence-corrected chi connectivity index (χ4v) is 1.86. The van der Waals surface area contributed by atoms with Gasteiger partial charge in [-0.3, -0.25) is 4.68 Å². The molecule has 90 valence electrons. The van der Waals surface area contributed by atoms with Gasteiger partial charge in [0.05, 0.1) is 17.1 Å². The van der Waals surface area contributed by atoms with Crippen molar-refractivity contribution in [3.05, 3.63) is 41.2 Å². The van der Waals surface area contributed by atoms with Gasteiger partial charge in [-0.15, -0.1) is 0 Å².